The zero-order valence-corrected chi connectivity index (χ0v) is 21.6. The molecule has 0 bridgehead atoms. The average molecular weight is 533 g/mol. The van der Waals surface area contributed by atoms with Gasteiger partial charge in [-0.1, -0.05) is 13.3 Å². The van der Waals surface area contributed by atoms with E-state index in [2.05, 4.69) is 37.4 Å². The van der Waals surface area contributed by atoms with Gasteiger partial charge in [0.25, 0.3) is 0 Å². The summed E-state index contributed by atoms with van der Waals surface area (Å²) in [6.45, 7) is 2.26. The molecule has 0 saturated heterocycles. The number of hydrogen-bond donors (Lipinski definition) is 3. The number of unbranched alkanes of at least 4 members (excludes halogenated alkanes) is 1. The molecule has 7 rings (SSSR count). The molecule has 198 valence electrons. The fraction of sp³-hybridized carbons (Fsp3) is 0.172. The van der Waals surface area contributed by atoms with Gasteiger partial charge in [-0.05, 0) is 48.9 Å². The second-order valence-electron chi connectivity index (χ2n) is 9.49. The van der Waals surface area contributed by atoms with Gasteiger partial charge in [-0.3, -0.25) is 19.9 Å². The number of rotatable bonds is 7. The highest BCUT2D eigenvalue weighted by Gasteiger charge is 2.20. The lowest BCUT2D eigenvalue weighted by molar-refractivity contribution is -0.116. The summed E-state index contributed by atoms with van der Waals surface area (Å²) in [6.07, 6.45) is 7.38. The van der Waals surface area contributed by atoms with Gasteiger partial charge in [-0.15, -0.1) is 0 Å². The molecule has 0 saturated carbocycles. The summed E-state index contributed by atoms with van der Waals surface area (Å²) in [5.41, 5.74) is 7.24. The summed E-state index contributed by atoms with van der Waals surface area (Å²) in [5, 5.41) is 10.5. The minimum absolute atomic E-state index is 0.0270. The van der Waals surface area contributed by atoms with E-state index < -0.39 is 0 Å². The maximum Gasteiger partial charge on any atom is 0.231 e. The zero-order chi connectivity index (χ0) is 27.1. The summed E-state index contributed by atoms with van der Waals surface area (Å²) in [5.74, 6) is 1.93. The molecule has 1 amide bonds. The first-order valence-corrected chi connectivity index (χ1v) is 13.0. The van der Waals surface area contributed by atoms with Crippen LogP contribution in [0.3, 0.4) is 0 Å². The Kier molecular flexibility index (Phi) is 5.81. The molecular weight excluding hydrogens is 508 g/mol. The van der Waals surface area contributed by atoms with Crippen LogP contribution in [0.1, 0.15) is 26.2 Å². The fourth-order valence-corrected chi connectivity index (χ4v) is 4.74. The molecule has 0 spiro atoms. The molecule has 1 aliphatic rings. The van der Waals surface area contributed by atoms with E-state index >= 15 is 0 Å². The van der Waals surface area contributed by atoms with E-state index in [1.165, 1.54) is 0 Å². The first-order chi connectivity index (χ1) is 19.7. The largest absolute Gasteiger partial charge is 0.454 e. The SMILES string of the molecule is CCCCC(=O)Nc1cncc(-c2ccc3[nH]nc(-c4nc5c(-c6ccc7c(c6)OCO7)nccc5[nH]4)c3n2)c1. The summed E-state index contributed by atoms with van der Waals surface area (Å²) >= 11 is 0. The van der Waals surface area contributed by atoms with Gasteiger partial charge in [0.05, 0.1) is 34.3 Å². The lowest BCUT2D eigenvalue weighted by Crippen LogP contribution is -2.11. The summed E-state index contributed by atoms with van der Waals surface area (Å²) in [7, 11) is 0. The van der Waals surface area contributed by atoms with Gasteiger partial charge in [0.15, 0.2) is 23.0 Å². The van der Waals surface area contributed by atoms with Crippen molar-refractivity contribution in [3.63, 3.8) is 0 Å². The Morgan fingerprint density at radius 2 is 1.85 bits per heavy atom. The van der Waals surface area contributed by atoms with Crippen molar-refractivity contribution in [3.05, 3.63) is 61.1 Å². The van der Waals surface area contributed by atoms with Crippen molar-refractivity contribution < 1.29 is 14.3 Å². The van der Waals surface area contributed by atoms with Crippen LogP contribution >= 0.6 is 0 Å². The van der Waals surface area contributed by atoms with Crippen LogP contribution in [-0.4, -0.2) is 47.8 Å². The third-order valence-corrected chi connectivity index (χ3v) is 6.75. The number of imidazole rings is 1. The van der Waals surface area contributed by atoms with Crippen molar-refractivity contribution in [2.24, 2.45) is 0 Å². The smallest absolute Gasteiger partial charge is 0.231 e. The van der Waals surface area contributed by atoms with Crippen LogP contribution < -0.4 is 14.8 Å². The van der Waals surface area contributed by atoms with Gasteiger partial charge >= 0.3 is 0 Å². The van der Waals surface area contributed by atoms with E-state index in [9.17, 15) is 4.79 Å². The summed E-state index contributed by atoms with van der Waals surface area (Å²) in [4.78, 5) is 34.3. The van der Waals surface area contributed by atoms with E-state index in [1.54, 1.807) is 18.6 Å². The van der Waals surface area contributed by atoms with Crippen LogP contribution in [-0.2, 0) is 4.79 Å². The molecule has 1 aliphatic heterocycles. The highest BCUT2D eigenvalue weighted by Crippen LogP contribution is 2.37. The predicted molar refractivity (Wildman–Crippen MR) is 150 cm³/mol. The third kappa shape index (κ3) is 4.27. The van der Waals surface area contributed by atoms with Gasteiger partial charge < -0.3 is 19.8 Å². The molecule has 0 unspecified atom stereocenters. The summed E-state index contributed by atoms with van der Waals surface area (Å²) in [6, 6.07) is 13.3. The van der Waals surface area contributed by atoms with Crippen LogP contribution in [0.5, 0.6) is 11.5 Å². The number of nitrogens with zero attached hydrogens (tertiary/aromatic N) is 5. The molecule has 5 aromatic heterocycles. The number of aromatic amines is 2. The predicted octanol–water partition coefficient (Wildman–Crippen LogP) is 5.48. The number of nitrogens with one attached hydrogen (secondary N) is 3. The lowest BCUT2D eigenvalue weighted by Gasteiger charge is -2.07. The standard InChI is InChI=1S/C29H24N8O3/c1-2-3-4-24(38)32-18-11-17(13-30-14-18)19-6-7-21-27(33-19)28(37-36-21)29-34-20-9-10-31-25(26(20)35-29)16-5-8-22-23(12-16)40-15-39-22/h5-14H,2-4,15H2,1H3,(H,32,38)(H,34,35)(H,36,37). The van der Waals surface area contributed by atoms with Crippen molar-refractivity contribution >= 4 is 33.7 Å². The molecule has 0 aliphatic carbocycles. The zero-order valence-electron chi connectivity index (χ0n) is 21.6. The van der Waals surface area contributed by atoms with Crippen LogP contribution in [0.15, 0.2) is 61.1 Å². The minimum atomic E-state index is -0.0270. The number of carbonyl (C=O) groups is 1. The maximum atomic E-state index is 12.2. The Morgan fingerprint density at radius 3 is 2.77 bits per heavy atom. The quantitative estimate of drug-likeness (QED) is 0.245. The molecule has 11 nitrogen and oxygen atoms in total. The molecule has 0 atom stereocenters. The number of fused-ring (bicyclic) bond motifs is 3. The Bertz CT molecular complexity index is 1890. The molecule has 0 fully saturated rings. The Labute approximate surface area is 228 Å². The molecule has 40 heavy (non-hydrogen) atoms. The number of carbonyl (C=O) groups excluding carboxylic acids is 1. The number of hydrogen-bond acceptors (Lipinski definition) is 8. The highest BCUT2D eigenvalue weighted by atomic mass is 16.7. The number of benzene rings is 1. The third-order valence-electron chi connectivity index (χ3n) is 6.75. The number of amides is 1. The number of aromatic nitrogens is 7. The first-order valence-electron chi connectivity index (χ1n) is 13.0. The maximum absolute atomic E-state index is 12.2. The van der Waals surface area contributed by atoms with E-state index in [-0.39, 0.29) is 12.7 Å². The van der Waals surface area contributed by atoms with Gasteiger partial charge in [0.2, 0.25) is 12.7 Å². The molecule has 11 heteroatoms. The lowest BCUT2D eigenvalue weighted by atomic mass is 10.1. The van der Waals surface area contributed by atoms with Crippen LogP contribution in [0.25, 0.3) is 56.1 Å². The van der Waals surface area contributed by atoms with Gasteiger partial charge in [-0.2, -0.15) is 5.10 Å². The number of pyridine rings is 3. The molecule has 6 aromatic rings. The van der Waals surface area contributed by atoms with Crippen LogP contribution in [0.2, 0.25) is 0 Å². The first kappa shape index (κ1) is 23.8. The average Bonchev–Trinajstić information content (AvgIpc) is 3.73. The number of anilines is 1. The van der Waals surface area contributed by atoms with Gasteiger partial charge in [0, 0.05) is 29.9 Å². The van der Waals surface area contributed by atoms with Crippen molar-refractivity contribution in [2.45, 2.75) is 26.2 Å². The number of ether oxygens (including phenoxy) is 2. The van der Waals surface area contributed by atoms with Crippen molar-refractivity contribution in [2.75, 3.05) is 12.1 Å². The van der Waals surface area contributed by atoms with Crippen molar-refractivity contribution in [1.29, 1.82) is 0 Å². The number of H-pyrrole nitrogens is 2. The van der Waals surface area contributed by atoms with Crippen LogP contribution in [0, 0.1) is 0 Å². The Morgan fingerprint density at radius 1 is 0.950 bits per heavy atom. The van der Waals surface area contributed by atoms with E-state index in [0.29, 0.717) is 51.9 Å². The topological polar surface area (TPSA) is 144 Å². The van der Waals surface area contributed by atoms with E-state index in [1.807, 2.05) is 42.5 Å². The molecular formula is C29H24N8O3. The van der Waals surface area contributed by atoms with Crippen molar-refractivity contribution in [1.82, 2.24) is 35.1 Å². The van der Waals surface area contributed by atoms with E-state index in [4.69, 9.17) is 19.4 Å². The summed E-state index contributed by atoms with van der Waals surface area (Å²) < 4.78 is 11.0. The molecule has 0 radical (unpaired) electrons. The second-order valence-corrected chi connectivity index (χ2v) is 9.49. The Hall–Kier alpha value is -5.32. The second kappa shape index (κ2) is 9.77. The van der Waals surface area contributed by atoms with Gasteiger partial charge in [-0.25, -0.2) is 9.97 Å². The molecule has 6 heterocycles. The molecule has 3 N–H and O–H groups in total. The van der Waals surface area contributed by atoms with E-state index in [0.717, 1.165) is 40.7 Å². The highest BCUT2D eigenvalue weighted by molar-refractivity contribution is 5.95. The normalized spacial score (nSPS) is 12.3. The monoisotopic (exact) mass is 532 g/mol. The van der Waals surface area contributed by atoms with Crippen LogP contribution in [0.4, 0.5) is 5.69 Å². The minimum Gasteiger partial charge on any atom is -0.454 e. The Balaban J connectivity index is 1.24. The van der Waals surface area contributed by atoms with Gasteiger partial charge in [0.1, 0.15) is 11.0 Å². The molecule has 1 aromatic carbocycles. The van der Waals surface area contributed by atoms with Crippen molar-refractivity contribution in [3.8, 4) is 45.5 Å². The fourth-order valence-electron chi connectivity index (χ4n) is 4.74.